The number of aromatic hydroxyl groups is 1. The van der Waals surface area contributed by atoms with E-state index in [-0.39, 0.29) is 17.3 Å². The lowest BCUT2D eigenvalue weighted by atomic mass is 10.2. The normalized spacial score (nSPS) is 10.3. The second-order valence-corrected chi connectivity index (χ2v) is 4.05. The molecule has 0 radical (unpaired) electrons. The molecule has 1 heterocycles. The van der Waals surface area contributed by atoms with Crippen molar-refractivity contribution in [2.24, 2.45) is 0 Å². The number of anilines is 1. The van der Waals surface area contributed by atoms with Gasteiger partial charge >= 0.3 is 0 Å². The molecule has 0 saturated heterocycles. The number of amides is 1. The van der Waals surface area contributed by atoms with Crippen LogP contribution in [-0.2, 0) is 6.54 Å². The summed E-state index contributed by atoms with van der Waals surface area (Å²) in [6.45, 7) is 1.21. The van der Waals surface area contributed by atoms with E-state index in [4.69, 9.17) is 5.73 Å². The summed E-state index contributed by atoms with van der Waals surface area (Å²) in [7, 11) is 0. The molecular formula is C12H15N5O2. The number of nitrogens with two attached hydrogens (primary N) is 1. The fourth-order valence-electron chi connectivity index (χ4n) is 1.58. The summed E-state index contributed by atoms with van der Waals surface area (Å²) in [5.74, 6) is -0.329. The lowest BCUT2D eigenvalue weighted by Gasteiger charge is -2.06. The van der Waals surface area contributed by atoms with Crippen LogP contribution in [0.2, 0.25) is 0 Å². The number of benzene rings is 1. The Balaban J connectivity index is 1.79. The summed E-state index contributed by atoms with van der Waals surface area (Å²) >= 11 is 0. The Bertz CT molecular complexity index is 553. The summed E-state index contributed by atoms with van der Waals surface area (Å²) < 4.78 is 1.70. The number of carbonyl (C=O) groups excluding carboxylic acids is 1. The Hall–Kier alpha value is -2.57. The number of phenolic OH excluding ortho intramolecular Hbond substituents is 1. The van der Waals surface area contributed by atoms with Crippen LogP contribution in [0.1, 0.15) is 16.8 Å². The van der Waals surface area contributed by atoms with Crippen molar-refractivity contribution in [2.45, 2.75) is 13.0 Å². The van der Waals surface area contributed by atoms with Crippen LogP contribution >= 0.6 is 0 Å². The molecule has 0 unspecified atom stereocenters. The van der Waals surface area contributed by atoms with Gasteiger partial charge in [-0.15, -0.1) is 5.10 Å². The number of rotatable bonds is 5. The largest absolute Gasteiger partial charge is 0.506 e. The number of phenols is 1. The molecular weight excluding hydrogens is 246 g/mol. The van der Waals surface area contributed by atoms with Gasteiger partial charge in [-0.3, -0.25) is 9.48 Å². The number of aryl methyl sites for hydroxylation is 1. The second kappa shape index (κ2) is 5.85. The zero-order valence-corrected chi connectivity index (χ0v) is 10.3. The average molecular weight is 261 g/mol. The highest BCUT2D eigenvalue weighted by molar-refractivity contribution is 5.95. The van der Waals surface area contributed by atoms with Crippen molar-refractivity contribution in [2.75, 3.05) is 12.3 Å². The fourth-order valence-corrected chi connectivity index (χ4v) is 1.58. The van der Waals surface area contributed by atoms with Gasteiger partial charge in [0.05, 0.1) is 11.9 Å². The third kappa shape index (κ3) is 3.44. The maximum atomic E-state index is 11.8. The molecule has 1 aromatic heterocycles. The second-order valence-electron chi connectivity index (χ2n) is 4.05. The van der Waals surface area contributed by atoms with Crippen molar-refractivity contribution in [3.63, 3.8) is 0 Å². The molecule has 19 heavy (non-hydrogen) atoms. The molecule has 2 rings (SSSR count). The molecule has 0 bridgehead atoms. The molecule has 100 valence electrons. The van der Waals surface area contributed by atoms with Crippen LogP contribution in [-0.4, -0.2) is 32.6 Å². The summed E-state index contributed by atoms with van der Waals surface area (Å²) in [6, 6.07) is 4.42. The maximum Gasteiger partial charge on any atom is 0.251 e. The van der Waals surface area contributed by atoms with Gasteiger partial charge in [-0.2, -0.15) is 0 Å². The van der Waals surface area contributed by atoms with Gasteiger partial charge in [0.2, 0.25) is 0 Å². The van der Waals surface area contributed by atoms with Crippen molar-refractivity contribution in [1.29, 1.82) is 0 Å². The van der Waals surface area contributed by atoms with Crippen LogP contribution < -0.4 is 11.1 Å². The van der Waals surface area contributed by atoms with Gasteiger partial charge in [0.15, 0.2) is 0 Å². The van der Waals surface area contributed by atoms with E-state index in [1.54, 1.807) is 23.1 Å². The molecule has 0 aliphatic heterocycles. The number of carbonyl (C=O) groups is 1. The molecule has 2 aromatic rings. The molecule has 0 saturated carbocycles. The first-order valence-electron chi connectivity index (χ1n) is 5.87. The first-order valence-corrected chi connectivity index (χ1v) is 5.87. The molecule has 7 heteroatoms. The molecule has 1 amide bonds. The van der Waals surface area contributed by atoms with Gasteiger partial charge in [-0.05, 0) is 24.6 Å². The van der Waals surface area contributed by atoms with E-state index in [9.17, 15) is 9.90 Å². The lowest BCUT2D eigenvalue weighted by Crippen LogP contribution is -2.25. The van der Waals surface area contributed by atoms with Crippen molar-refractivity contribution < 1.29 is 9.90 Å². The predicted molar refractivity (Wildman–Crippen MR) is 69.5 cm³/mol. The monoisotopic (exact) mass is 261 g/mol. The van der Waals surface area contributed by atoms with E-state index in [1.165, 1.54) is 12.1 Å². The molecule has 0 fully saturated rings. The van der Waals surface area contributed by atoms with Crippen LogP contribution in [0.3, 0.4) is 0 Å². The van der Waals surface area contributed by atoms with Crippen LogP contribution in [0, 0.1) is 0 Å². The number of hydrogen-bond donors (Lipinski definition) is 3. The van der Waals surface area contributed by atoms with Crippen molar-refractivity contribution in [3.05, 3.63) is 36.2 Å². The first-order chi connectivity index (χ1) is 9.16. The van der Waals surface area contributed by atoms with E-state index in [1.807, 2.05) is 0 Å². The average Bonchev–Trinajstić information content (AvgIpc) is 2.91. The highest BCUT2D eigenvalue weighted by Crippen LogP contribution is 2.20. The lowest BCUT2D eigenvalue weighted by molar-refractivity contribution is 0.0952. The molecule has 0 aliphatic carbocycles. The van der Waals surface area contributed by atoms with Crippen LogP contribution in [0.25, 0.3) is 0 Å². The highest BCUT2D eigenvalue weighted by atomic mass is 16.3. The third-order valence-corrected chi connectivity index (χ3v) is 2.61. The molecule has 0 atom stereocenters. The number of hydrogen-bond acceptors (Lipinski definition) is 5. The van der Waals surface area contributed by atoms with Gasteiger partial charge < -0.3 is 16.2 Å². The molecule has 1 aromatic carbocycles. The molecule has 7 nitrogen and oxygen atoms in total. The Kier molecular flexibility index (Phi) is 3.97. The zero-order valence-electron chi connectivity index (χ0n) is 10.3. The van der Waals surface area contributed by atoms with Gasteiger partial charge in [-0.25, -0.2) is 0 Å². The van der Waals surface area contributed by atoms with Crippen LogP contribution in [0.15, 0.2) is 30.6 Å². The number of nitrogen functional groups attached to an aromatic ring is 1. The zero-order chi connectivity index (χ0) is 13.7. The van der Waals surface area contributed by atoms with E-state index < -0.39 is 0 Å². The summed E-state index contributed by atoms with van der Waals surface area (Å²) in [6.07, 6.45) is 4.12. The minimum absolute atomic E-state index is 0.0877. The third-order valence-electron chi connectivity index (χ3n) is 2.61. The Morgan fingerprint density at radius 2 is 2.32 bits per heavy atom. The smallest absolute Gasteiger partial charge is 0.251 e. The SMILES string of the molecule is Nc1ccc(C(=O)NCCCn2ccnn2)cc1O. The van der Waals surface area contributed by atoms with Gasteiger partial charge in [0.1, 0.15) is 5.75 Å². The number of aromatic nitrogens is 3. The summed E-state index contributed by atoms with van der Waals surface area (Å²) in [4.78, 5) is 11.8. The van der Waals surface area contributed by atoms with E-state index in [0.29, 0.717) is 18.7 Å². The standard InChI is InChI=1S/C12H15N5O2/c13-10-3-2-9(8-11(10)18)12(19)14-4-1-6-17-7-5-15-16-17/h2-3,5,7-8,18H,1,4,6,13H2,(H,14,19). The van der Waals surface area contributed by atoms with E-state index in [0.717, 1.165) is 6.42 Å². The van der Waals surface area contributed by atoms with E-state index in [2.05, 4.69) is 15.6 Å². The number of nitrogens with one attached hydrogen (secondary N) is 1. The molecule has 4 N–H and O–H groups in total. The van der Waals surface area contributed by atoms with Crippen molar-refractivity contribution >= 4 is 11.6 Å². The van der Waals surface area contributed by atoms with Gasteiger partial charge in [0.25, 0.3) is 5.91 Å². The highest BCUT2D eigenvalue weighted by Gasteiger charge is 2.07. The first kappa shape index (κ1) is 12.9. The number of nitrogens with zero attached hydrogens (tertiary/aromatic N) is 3. The van der Waals surface area contributed by atoms with Crippen LogP contribution in [0.5, 0.6) is 5.75 Å². The van der Waals surface area contributed by atoms with E-state index >= 15 is 0 Å². The van der Waals surface area contributed by atoms with Crippen molar-refractivity contribution in [3.8, 4) is 5.75 Å². The summed E-state index contributed by atoms with van der Waals surface area (Å²) in [5, 5.41) is 19.7. The Morgan fingerprint density at radius 3 is 3.00 bits per heavy atom. The fraction of sp³-hybridized carbons (Fsp3) is 0.250. The minimum atomic E-state index is -0.242. The molecule has 0 spiro atoms. The topological polar surface area (TPSA) is 106 Å². The Morgan fingerprint density at radius 1 is 1.47 bits per heavy atom. The predicted octanol–water partition coefficient (Wildman–Crippen LogP) is 0.386. The van der Waals surface area contributed by atoms with Gasteiger partial charge in [0, 0.05) is 24.8 Å². The van der Waals surface area contributed by atoms with Gasteiger partial charge in [-0.1, -0.05) is 5.21 Å². The molecule has 0 aliphatic rings. The maximum absolute atomic E-state index is 11.8. The minimum Gasteiger partial charge on any atom is -0.506 e. The van der Waals surface area contributed by atoms with Crippen molar-refractivity contribution in [1.82, 2.24) is 20.3 Å². The van der Waals surface area contributed by atoms with Crippen LogP contribution in [0.4, 0.5) is 5.69 Å². The quantitative estimate of drug-likeness (QED) is 0.410. The Labute approximate surface area is 110 Å². The summed E-state index contributed by atoms with van der Waals surface area (Å²) in [5.41, 5.74) is 6.10.